The second-order valence-corrected chi connectivity index (χ2v) is 8.60. The third-order valence-electron chi connectivity index (χ3n) is 3.00. The molecule has 1 N–H and O–H groups in total. The number of hydrogen-bond acceptors (Lipinski definition) is 2. The molecule has 1 aromatic heterocycles. The van der Waals surface area contributed by atoms with Crippen LogP contribution in [0.2, 0.25) is 0 Å². The molecule has 2 rings (SSSR count). The van der Waals surface area contributed by atoms with Crippen LogP contribution < -0.4 is 5.32 Å². The number of benzene rings is 1. The van der Waals surface area contributed by atoms with Gasteiger partial charge in [0.2, 0.25) is 0 Å². The van der Waals surface area contributed by atoms with Crippen LogP contribution in [-0.2, 0) is 6.42 Å². The van der Waals surface area contributed by atoms with E-state index in [1.165, 1.54) is 18.5 Å². The Kier molecular flexibility index (Phi) is 7.00. The molecule has 5 heteroatoms. The lowest BCUT2D eigenvalue weighted by molar-refractivity contribution is 0.530. The molecule has 108 valence electrons. The maximum atomic E-state index is 3.68. The molecule has 0 saturated heterocycles. The summed E-state index contributed by atoms with van der Waals surface area (Å²) in [7, 11) is 0. The Hall–Kier alpha value is 0.570. The van der Waals surface area contributed by atoms with Crippen molar-refractivity contribution in [2.45, 2.75) is 25.8 Å². The first-order valence-electron chi connectivity index (χ1n) is 6.51. The molecule has 1 heterocycles. The Morgan fingerprint density at radius 3 is 2.70 bits per heavy atom. The molecule has 1 unspecified atom stereocenters. The maximum Gasteiger partial charge on any atom is 0.0379 e. The molecule has 0 radical (unpaired) electrons. The lowest BCUT2D eigenvalue weighted by Crippen LogP contribution is -2.24. The minimum Gasteiger partial charge on any atom is -0.310 e. The molecule has 0 aliphatic rings. The van der Waals surface area contributed by atoms with Crippen LogP contribution >= 0.6 is 65.8 Å². The quantitative estimate of drug-likeness (QED) is 0.443. The zero-order valence-electron chi connectivity index (χ0n) is 11.1. The highest BCUT2D eigenvalue weighted by Gasteiger charge is 2.16. The minimum atomic E-state index is 0.366. The van der Waals surface area contributed by atoms with Gasteiger partial charge >= 0.3 is 0 Å². The van der Waals surface area contributed by atoms with Gasteiger partial charge < -0.3 is 5.32 Å². The van der Waals surface area contributed by atoms with Gasteiger partial charge in [-0.25, -0.2) is 0 Å². The molecular weight excluding hydrogens is 513 g/mol. The van der Waals surface area contributed by atoms with Crippen molar-refractivity contribution < 1.29 is 0 Å². The zero-order chi connectivity index (χ0) is 14.5. The highest BCUT2D eigenvalue weighted by atomic mass is 127. The molecular formula is C15H16Br2INS. The summed E-state index contributed by atoms with van der Waals surface area (Å²) in [5.74, 6) is 0. The van der Waals surface area contributed by atoms with Gasteiger partial charge in [0.05, 0.1) is 0 Å². The van der Waals surface area contributed by atoms with Gasteiger partial charge in [-0.3, -0.25) is 0 Å². The highest BCUT2D eigenvalue weighted by Crippen LogP contribution is 2.29. The van der Waals surface area contributed by atoms with Crippen molar-refractivity contribution >= 4 is 65.8 Å². The summed E-state index contributed by atoms with van der Waals surface area (Å²) in [6, 6.07) is 9.09. The molecule has 1 nitrogen and oxygen atoms in total. The van der Waals surface area contributed by atoms with Crippen molar-refractivity contribution in [3.05, 3.63) is 52.6 Å². The van der Waals surface area contributed by atoms with E-state index < -0.39 is 0 Å². The van der Waals surface area contributed by atoms with E-state index in [1.54, 1.807) is 0 Å². The summed E-state index contributed by atoms with van der Waals surface area (Å²) in [6.45, 7) is 3.25. The number of halogens is 3. The zero-order valence-corrected chi connectivity index (χ0v) is 17.3. The Bertz CT molecular complexity index is 571. The fourth-order valence-electron chi connectivity index (χ4n) is 2.05. The predicted octanol–water partition coefficient (Wildman–Crippen LogP) is 6.16. The standard InChI is InChI=1S/C15H16Br2INS/c1-2-5-19-15(8-12-6-11(17)9-20-12)13-7-10(16)3-4-14(13)18/h3-4,6-7,9,15,19H,2,5,8H2,1H3. The van der Waals surface area contributed by atoms with E-state index in [0.29, 0.717) is 6.04 Å². The smallest absolute Gasteiger partial charge is 0.0379 e. The van der Waals surface area contributed by atoms with Gasteiger partial charge in [-0.15, -0.1) is 11.3 Å². The van der Waals surface area contributed by atoms with Crippen LogP contribution in [0.1, 0.15) is 29.8 Å². The monoisotopic (exact) mass is 527 g/mol. The number of thiophene rings is 1. The lowest BCUT2D eigenvalue weighted by Gasteiger charge is -2.20. The summed E-state index contributed by atoms with van der Waals surface area (Å²) in [6.07, 6.45) is 2.18. The van der Waals surface area contributed by atoms with E-state index in [1.807, 2.05) is 11.3 Å². The van der Waals surface area contributed by atoms with Gasteiger partial charge in [0.25, 0.3) is 0 Å². The van der Waals surface area contributed by atoms with Crippen molar-refractivity contribution in [3.63, 3.8) is 0 Å². The van der Waals surface area contributed by atoms with Gasteiger partial charge in [-0.05, 0) is 81.3 Å². The number of hydrogen-bond donors (Lipinski definition) is 1. The third-order valence-corrected chi connectivity index (χ3v) is 6.20. The van der Waals surface area contributed by atoms with Crippen LogP contribution in [0.3, 0.4) is 0 Å². The van der Waals surface area contributed by atoms with Crippen molar-refractivity contribution in [2.75, 3.05) is 6.54 Å². The van der Waals surface area contributed by atoms with Crippen LogP contribution in [-0.4, -0.2) is 6.54 Å². The van der Waals surface area contributed by atoms with E-state index in [9.17, 15) is 0 Å². The van der Waals surface area contributed by atoms with Gasteiger partial charge in [0, 0.05) is 35.2 Å². The van der Waals surface area contributed by atoms with Crippen molar-refractivity contribution in [2.24, 2.45) is 0 Å². The van der Waals surface area contributed by atoms with Gasteiger partial charge in [0.15, 0.2) is 0 Å². The van der Waals surface area contributed by atoms with Crippen molar-refractivity contribution in [3.8, 4) is 0 Å². The normalized spacial score (nSPS) is 12.6. The van der Waals surface area contributed by atoms with E-state index in [4.69, 9.17) is 0 Å². The van der Waals surface area contributed by atoms with Crippen LogP contribution in [0.4, 0.5) is 0 Å². The van der Waals surface area contributed by atoms with E-state index in [0.717, 1.165) is 23.9 Å². The molecule has 0 aliphatic carbocycles. The van der Waals surface area contributed by atoms with E-state index in [2.05, 4.69) is 96.3 Å². The highest BCUT2D eigenvalue weighted by molar-refractivity contribution is 14.1. The molecule has 20 heavy (non-hydrogen) atoms. The molecule has 0 fully saturated rings. The molecule has 1 atom stereocenters. The maximum absolute atomic E-state index is 3.68. The van der Waals surface area contributed by atoms with Crippen molar-refractivity contribution in [1.29, 1.82) is 0 Å². The van der Waals surface area contributed by atoms with Crippen LogP contribution in [0.15, 0.2) is 38.6 Å². The second-order valence-electron chi connectivity index (χ2n) is 4.61. The summed E-state index contributed by atoms with van der Waals surface area (Å²) >= 11 is 11.4. The molecule has 0 spiro atoms. The van der Waals surface area contributed by atoms with Crippen LogP contribution in [0, 0.1) is 3.57 Å². The first-order chi connectivity index (χ1) is 9.60. The first-order valence-corrected chi connectivity index (χ1v) is 10.1. The number of nitrogens with one attached hydrogen (secondary N) is 1. The van der Waals surface area contributed by atoms with Crippen LogP contribution in [0.5, 0.6) is 0 Å². The summed E-state index contributed by atoms with van der Waals surface area (Å²) in [4.78, 5) is 1.40. The Labute approximate surface area is 155 Å². The Morgan fingerprint density at radius 1 is 1.25 bits per heavy atom. The SMILES string of the molecule is CCCNC(Cc1cc(Br)cs1)c1cc(Br)ccc1I. The van der Waals surface area contributed by atoms with Crippen molar-refractivity contribution in [1.82, 2.24) is 5.32 Å². The molecule has 0 saturated carbocycles. The summed E-state index contributed by atoms with van der Waals surface area (Å²) in [5.41, 5.74) is 1.37. The summed E-state index contributed by atoms with van der Waals surface area (Å²) in [5, 5.41) is 5.83. The van der Waals surface area contributed by atoms with Crippen LogP contribution in [0.25, 0.3) is 0 Å². The summed E-state index contributed by atoms with van der Waals surface area (Å²) < 4.78 is 3.63. The van der Waals surface area contributed by atoms with Gasteiger partial charge in [-0.2, -0.15) is 0 Å². The van der Waals surface area contributed by atoms with Gasteiger partial charge in [-0.1, -0.05) is 22.9 Å². The third kappa shape index (κ3) is 4.80. The largest absolute Gasteiger partial charge is 0.310 e. The predicted molar refractivity (Wildman–Crippen MR) is 104 cm³/mol. The molecule has 2 aromatic rings. The first kappa shape index (κ1) is 16.9. The topological polar surface area (TPSA) is 12.0 Å². The van der Waals surface area contributed by atoms with E-state index >= 15 is 0 Å². The average molecular weight is 529 g/mol. The fraction of sp³-hybridized carbons (Fsp3) is 0.333. The molecule has 0 aliphatic heterocycles. The number of rotatable bonds is 6. The lowest BCUT2D eigenvalue weighted by atomic mass is 10.0. The average Bonchev–Trinajstić information content (AvgIpc) is 2.83. The fourth-order valence-corrected chi connectivity index (χ4v) is 4.64. The van der Waals surface area contributed by atoms with Gasteiger partial charge in [0.1, 0.15) is 0 Å². The Balaban J connectivity index is 2.24. The molecule has 0 amide bonds. The Morgan fingerprint density at radius 2 is 2.05 bits per heavy atom. The molecule has 1 aromatic carbocycles. The second kappa shape index (κ2) is 8.27. The minimum absolute atomic E-state index is 0.366. The van der Waals surface area contributed by atoms with E-state index in [-0.39, 0.29) is 0 Å². The molecule has 0 bridgehead atoms.